The van der Waals surface area contributed by atoms with Crippen molar-refractivity contribution in [2.75, 3.05) is 5.32 Å². The van der Waals surface area contributed by atoms with Crippen LogP contribution in [0.5, 0.6) is 0 Å². The van der Waals surface area contributed by atoms with Crippen LogP contribution in [0.4, 0.5) is 10.6 Å². The Labute approximate surface area is 100 Å². The van der Waals surface area contributed by atoms with Gasteiger partial charge in [-0.2, -0.15) is 0 Å². The minimum absolute atomic E-state index is 0.363. The molecule has 1 rings (SSSR count). The molecule has 0 radical (unpaired) electrons. The van der Waals surface area contributed by atoms with Gasteiger partial charge in [0.2, 0.25) is 0 Å². The Bertz CT molecular complexity index is 436. The van der Waals surface area contributed by atoms with E-state index < -0.39 is 11.7 Å². The summed E-state index contributed by atoms with van der Waals surface area (Å²) in [7, 11) is 0. The zero-order valence-corrected chi connectivity index (χ0v) is 10.4. The highest BCUT2D eigenvalue weighted by molar-refractivity contribution is 5.84. The van der Waals surface area contributed by atoms with Crippen LogP contribution in [0.2, 0.25) is 0 Å². The van der Waals surface area contributed by atoms with Gasteiger partial charge in [-0.25, -0.2) is 9.78 Å². The summed E-state index contributed by atoms with van der Waals surface area (Å²) in [6, 6.07) is 3.16. The predicted octanol–water partition coefficient (Wildman–Crippen LogP) is 2.55. The summed E-state index contributed by atoms with van der Waals surface area (Å²) >= 11 is 0. The van der Waals surface area contributed by atoms with Gasteiger partial charge in [0.15, 0.2) is 6.29 Å². The number of anilines is 1. The number of aryl methyl sites for hydroxylation is 1. The molecule has 1 aromatic heterocycles. The Morgan fingerprint density at radius 1 is 1.41 bits per heavy atom. The van der Waals surface area contributed by atoms with E-state index in [0.717, 1.165) is 6.29 Å². The maximum Gasteiger partial charge on any atom is 0.413 e. The van der Waals surface area contributed by atoms with Crippen LogP contribution < -0.4 is 5.32 Å². The van der Waals surface area contributed by atoms with Gasteiger partial charge >= 0.3 is 6.09 Å². The lowest BCUT2D eigenvalue weighted by Gasteiger charge is -2.19. The van der Waals surface area contributed by atoms with Crippen molar-refractivity contribution in [3.63, 3.8) is 0 Å². The number of amides is 1. The van der Waals surface area contributed by atoms with E-state index in [-0.39, 0.29) is 0 Å². The van der Waals surface area contributed by atoms with Crippen LogP contribution in [-0.4, -0.2) is 23.0 Å². The second-order valence-corrected chi connectivity index (χ2v) is 4.62. The fraction of sp³-hybridized carbons (Fsp3) is 0.417. The molecule has 0 fully saturated rings. The lowest BCUT2D eigenvalue weighted by molar-refractivity contribution is 0.0635. The van der Waals surface area contributed by atoms with Gasteiger partial charge in [-0.15, -0.1) is 0 Å². The highest BCUT2D eigenvalue weighted by Gasteiger charge is 2.16. The highest BCUT2D eigenvalue weighted by atomic mass is 16.6. The van der Waals surface area contributed by atoms with Crippen LogP contribution in [0.3, 0.4) is 0 Å². The number of aldehydes is 1. The Hall–Kier alpha value is -1.91. The molecular weight excluding hydrogens is 220 g/mol. The number of pyridine rings is 1. The number of hydrogen-bond acceptors (Lipinski definition) is 4. The number of nitrogens with one attached hydrogen (secondary N) is 1. The molecule has 1 amide bonds. The van der Waals surface area contributed by atoms with E-state index >= 15 is 0 Å². The lowest BCUT2D eigenvalue weighted by atomic mass is 10.2. The first kappa shape index (κ1) is 13.2. The van der Waals surface area contributed by atoms with Crippen molar-refractivity contribution in [1.29, 1.82) is 0 Å². The summed E-state index contributed by atoms with van der Waals surface area (Å²) in [6.07, 6.45) is 0.155. The van der Waals surface area contributed by atoms with Crippen molar-refractivity contribution >= 4 is 18.2 Å². The Balaban J connectivity index is 2.73. The summed E-state index contributed by atoms with van der Waals surface area (Å²) in [5.74, 6) is 0.363. The average Bonchev–Trinajstić information content (AvgIpc) is 2.14. The number of hydrogen-bond donors (Lipinski definition) is 1. The standard InChI is InChI=1S/C12H16N2O3/c1-8-9(7-15)5-6-10(13-8)14-11(16)17-12(2,3)4/h5-7H,1-4H3,(H,13,14,16). The molecule has 0 aromatic carbocycles. The molecule has 0 unspecified atom stereocenters. The molecule has 1 N–H and O–H groups in total. The highest BCUT2D eigenvalue weighted by Crippen LogP contribution is 2.12. The van der Waals surface area contributed by atoms with E-state index in [9.17, 15) is 9.59 Å². The molecule has 0 aliphatic carbocycles. The summed E-state index contributed by atoms with van der Waals surface area (Å²) in [6.45, 7) is 7.03. The molecule has 0 saturated carbocycles. The number of rotatable bonds is 2. The quantitative estimate of drug-likeness (QED) is 0.801. The molecular formula is C12H16N2O3. The molecule has 0 saturated heterocycles. The van der Waals surface area contributed by atoms with E-state index in [1.807, 2.05) is 0 Å². The molecule has 0 bridgehead atoms. The number of carbonyl (C=O) groups excluding carboxylic acids is 2. The van der Waals surface area contributed by atoms with Gasteiger partial charge in [-0.3, -0.25) is 10.1 Å². The first-order valence-electron chi connectivity index (χ1n) is 5.24. The van der Waals surface area contributed by atoms with E-state index in [2.05, 4.69) is 10.3 Å². The Morgan fingerprint density at radius 3 is 2.53 bits per heavy atom. The first-order chi connectivity index (χ1) is 7.81. The van der Waals surface area contributed by atoms with E-state index in [0.29, 0.717) is 17.1 Å². The van der Waals surface area contributed by atoms with Gasteiger partial charge in [0.1, 0.15) is 11.4 Å². The van der Waals surface area contributed by atoms with Crippen LogP contribution in [0, 0.1) is 6.92 Å². The maximum atomic E-state index is 11.5. The Morgan fingerprint density at radius 2 is 2.06 bits per heavy atom. The van der Waals surface area contributed by atoms with Crippen LogP contribution >= 0.6 is 0 Å². The average molecular weight is 236 g/mol. The van der Waals surface area contributed by atoms with Crippen molar-refractivity contribution < 1.29 is 14.3 Å². The zero-order chi connectivity index (χ0) is 13.1. The van der Waals surface area contributed by atoms with Gasteiger partial charge in [0.25, 0.3) is 0 Å². The van der Waals surface area contributed by atoms with Crippen LogP contribution in [0.25, 0.3) is 0 Å². The molecule has 0 aliphatic rings. The van der Waals surface area contributed by atoms with Crippen molar-refractivity contribution in [2.45, 2.75) is 33.3 Å². The van der Waals surface area contributed by atoms with E-state index in [1.165, 1.54) is 0 Å². The molecule has 1 aromatic rings. The van der Waals surface area contributed by atoms with Gasteiger partial charge in [0, 0.05) is 5.56 Å². The first-order valence-corrected chi connectivity index (χ1v) is 5.24. The lowest BCUT2D eigenvalue weighted by Crippen LogP contribution is -2.27. The fourth-order valence-electron chi connectivity index (χ4n) is 1.17. The third kappa shape index (κ3) is 4.22. The summed E-state index contributed by atoms with van der Waals surface area (Å²) in [4.78, 5) is 26.1. The number of carbonyl (C=O) groups is 2. The summed E-state index contributed by atoms with van der Waals surface area (Å²) in [5, 5.41) is 2.50. The molecule has 5 nitrogen and oxygen atoms in total. The van der Waals surface area contributed by atoms with E-state index in [4.69, 9.17) is 4.74 Å². The maximum absolute atomic E-state index is 11.5. The molecule has 0 atom stereocenters. The number of nitrogens with zero attached hydrogens (tertiary/aromatic N) is 1. The minimum Gasteiger partial charge on any atom is -0.444 e. The Kier molecular flexibility index (Phi) is 3.83. The normalized spacial score (nSPS) is 10.8. The molecule has 92 valence electrons. The molecule has 17 heavy (non-hydrogen) atoms. The fourth-order valence-corrected chi connectivity index (χ4v) is 1.17. The van der Waals surface area contributed by atoms with Crippen molar-refractivity contribution in [1.82, 2.24) is 4.98 Å². The van der Waals surface area contributed by atoms with E-state index in [1.54, 1.807) is 39.8 Å². The smallest absolute Gasteiger partial charge is 0.413 e. The topological polar surface area (TPSA) is 68.3 Å². The molecule has 5 heteroatoms. The number of aromatic nitrogens is 1. The second-order valence-electron chi connectivity index (χ2n) is 4.62. The SMILES string of the molecule is Cc1nc(NC(=O)OC(C)(C)C)ccc1C=O. The monoisotopic (exact) mass is 236 g/mol. The second kappa shape index (κ2) is 4.95. The van der Waals surface area contributed by atoms with Gasteiger partial charge in [-0.1, -0.05) is 0 Å². The van der Waals surface area contributed by atoms with Gasteiger partial charge in [0.05, 0.1) is 5.69 Å². The van der Waals surface area contributed by atoms with Crippen molar-refractivity contribution in [3.8, 4) is 0 Å². The third-order valence-corrected chi connectivity index (χ3v) is 1.88. The van der Waals surface area contributed by atoms with Gasteiger partial charge < -0.3 is 4.74 Å². The van der Waals surface area contributed by atoms with Crippen LogP contribution in [-0.2, 0) is 4.74 Å². The van der Waals surface area contributed by atoms with Gasteiger partial charge in [-0.05, 0) is 39.8 Å². The molecule has 1 heterocycles. The zero-order valence-electron chi connectivity index (χ0n) is 10.4. The molecule has 0 aliphatic heterocycles. The summed E-state index contributed by atoms with van der Waals surface area (Å²) < 4.78 is 5.08. The predicted molar refractivity (Wildman–Crippen MR) is 64.2 cm³/mol. The number of ether oxygens (including phenoxy) is 1. The largest absolute Gasteiger partial charge is 0.444 e. The van der Waals surface area contributed by atoms with Crippen molar-refractivity contribution in [3.05, 3.63) is 23.4 Å². The van der Waals surface area contributed by atoms with Crippen molar-refractivity contribution in [2.24, 2.45) is 0 Å². The minimum atomic E-state index is -0.566. The summed E-state index contributed by atoms with van der Waals surface area (Å²) in [5.41, 5.74) is 0.510. The van der Waals surface area contributed by atoms with Crippen LogP contribution in [0.15, 0.2) is 12.1 Å². The third-order valence-electron chi connectivity index (χ3n) is 1.88. The van der Waals surface area contributed by atoms with Crippen LogP contribution in [0.1, 0.15) is 36.8 Å². The molecule has 0 spiro atoms.